The van der Waals surface area contributed by atoms with Crippen molar-refractivity contribution in [3.8, 4) is 11.4 Å². The van der Waals surface area contributed by atoms with E-state index in [0.29, 0.717) is 28.8 Å². The summed E-state index contributed by atoms with van der Waals surface area (Å²) in [5, 5.41) is 16.1. The molecule has 170 valence electrons. The number of hydrogen-bond donors (Lipinski definition) is 2. The molecule has 0 radical (unpaired) electrons. The summed E-state index contributed by atoms with van der Waals surface area (Å²) in [6.45, 7) is 6.28. The fourth-order valence-corrected chi connectivity index (χ4v) is 4.37. The average Bonchev–Trinajstić information content (AvgIpc) is 3.09. The number of amides is 1. The van der Waals surface area contributed by atoms with E-state index in [2.05, 4.69) is 15.5 Å². The minimum atomic E-state index is -3.88. The number of benzene rings is 2. The summed E-state index contributed by atoms with van der Waals surface area (Å²) in [5.74, 6) is -0.121. The highest BCUT2D eigenvalue weighted by Crippen LogP contribution is 2.29. The van der Waals surface area contributed by atoms with E-state index < -0.39 is 21.1 Å². The van der Waals surface area contributed by atoms with Gasteiger partial charge in [-0.25, -0.2) is 17.9 Å². The summed E-state index contributed by atoms with van der Waals surface area (Å²) >= 11 is 1.18. The van der Waals surface area contributed by atoms with Gasteiger partial charge in [0, 0.05) is 12.2 Å². The molecule has 0 bridgehead atoms. The standard InChI is InChI=1S/C21H24FN5O3S2/c1-13(2)12-27-19(17-9-4-5-10-18(17)22)25-26-21(27)31-14(3)20(28)24-15-7-6-8-16(11-15)32(23,29)30/h4-11,13-14H,12H2,1-3H3,(H,24,28)(H2,23,29,30). The van der Waals surface area contributed by atoms with E-state index in [4.69, 9.17) is 5.14 Å². The minimum Gasteiger partial charge on any atom is -0.325 e. The van der Waals surface area contributed by atoms with Crippen molar-refractivity contribution in [2.24, 2.45) is 11.1 Å². The van der Waals surface area contributed by atoms with Gasteiger partial charge in [0.2, 0.25) is 15.9 Å². The van der Waals surface area contributed by atoms with Gasteiger partial charge in [-0.3, -0.25) is 4.79 Å². The Kier molecular flexibility index (Phi) is 7.32. The SMILES string of the molecule is CC(C)Cn1c(SC(C)C(=O)Nc2cccc(S(N)(=O)=O)c2)nnc1-c1ccccc1F. The highest BCUT2D eigenvalue weighted by Gasteiger charge is 2.23. The minimum absolute atomic E-state index is 0.0955. The van der Waals surface area contributed by atoms with Crippen LogP contribution in [0.1, 0.15) is 20.8 Å². The predicted octanol–water partition coefficient (Wildman–Crippen LogP) is 3.51. The average molecular weight is 478 g/mol. The Morgan fingerprint density at radius 3 is 2.53 bits per heavy atom. The number of sulfonamides is 1. The summed E-state index contributed by atoms with van der Waals surface area (Å²) in [6.07, 6.45) is 0. The topological polar surface area (TPSA) is 120 Å². The molecule has 0 aliphatic heterocycles. The zero-order valence-corrected chi connectivity index (χ0v) is 19.5. The highest BCUT2D eigenvalue weighted by molar-refractivity contribution is 8.00. The number of carbonyl (C=O) groups is 1. The summed E-state index contributed by atoms with van der Waals surface area (Å²) < 4.78 is 39.2. The molecule has 3 N–H and O–H groups in total. The van der Waals surface area contributed by atoms with Crippen molar-refractivity contribution >= 4 is 33.4 Å². The van der Waals surface area contributed by atoms with E-state index in [1.807, 2.05) is 13.8 Å². The first-order valence-corrected chi connectivity index (χ1v) is 12.3. The normalized spacial score (nSPS) is 12.7. The fourth-order valence-electron chi connectivity index (χ4n) is 2.95. The van der Waals surface area contributed by atoms with Crippen LogP contribution in [-0.2, 0) is 21.4 Å². The van der Waals surface area contributed by atoms with E-state index in [-0.39, 0.29) is 16.7 Å². The maximum absolute atomic E-state index is 14.3. The van der Waals surface area contributed by atoms with Crippen LogP contribution in [0.2, 0.25) is 0 Å². The molecule has 1 amide bonds. The second kappa shape index (κ2) is 9.80. The van der Waals surface area contributed by atoms with E-state index >= 15 is 0 Å². The quantitative estimate of drug-likeness (QED) is 0.479. The second-order valence-corrected chi connectivity index (χ2v) is 10.5. The Morgan fingerprint density at radius 2 is 1.88 bits per heavy atom. The third-order valence-corrected chi connectivity index (χ3v) is 6.45. The second-order valence-electron chi connectivity index (χ2n) is 7.61. The smallest absolute Gasteiger partial charge is 0.238 e. The summed E-state index contributed by atoms with van der Waals surface area (Å²) in [7, 11) is -3.88. The zero-order valence-electron chi connectivity index (χ0n) is 17.8. The van der Waals surface area contributed by atoms with E-state index in [0.717, 1.165) is 0 Å². The first-order chi connectivity index (χ1) is 15.1. The van der Waals surface area contributed by atoms with E-state index in [1.54, 1.807) is 35.8 Å². The Hall–Kier alpha value is -2.76. The molecule has 1 heterocycles. The molecule has 0 saturated carbocycles. The van der Waals surface area contributed by atoms with Crippen LogP contribution in [0.25, 0.3) is 11.4 Å². The lowest BCUT2D eigenvalue weighted by Crippen LogP contribution is -2.23. The number of aromatic nitrogens is 3. The lowest BCUT2D eigenvalue weighted by atomic mass is 10.2. The zero-order chi connectivity index (χ0) is 23.5. The van der Waals surface area contributed by atoms with E-state index in [1.165, 1.54) is 36.0 Å². The number of nitrogens with one attached hydrogen (secondary N) is 1. The molecule has 0 spiro atoms. The Morgan fingerprint density at radius 1 is 1.16 bits per heavy atom. The molecule has 0 saturated heterocycles. The number of nitrogens with zero attached hydrogens (tertiary/aromatic N) is 3. The summed E-state index contributed by atoms with van der Waals surface area (Å²) in [6, 6.07) is 12.0. The number of carbonyl (C=O) groups excluding carboxylic acids is 1. The predicted molar refractivity (Wildman–Crippen MR) is 122 cm³/mol. The van der Waals surface area contributed by atoms with Gasteiger partial charge in [0.15, 0.2) is 11.0 Å². The van der Waals surface area contributed by atoms with Crippen LogP contribution in [0.15, 0.2) is 58.6 Å². The van der Waals surface area contributed by atoms with E-state index in [9.17, 15) is 17.6 Å². The molecule has 0 aliphatic rings. The van der Waals surface area contributed by atoms with Crippen molar-refractivity contribution in [3.05, 3.63) is 54.3 Å². The highest BCUT2D eigenvalue weighted by atomic mass is 32.2. The number of halogens is 1. The number of hydrogen-bond acceptors (Lipinski definition) is 6. The first kappa shape index (κ1) is 23.9. The maximum Gasteiger partial charge on any atom is 0.238 e. The largest absolute Gasteiger partial charge is 0.325 e. The van der Waals surface area contributed by atoms with Crippen molar-refractivity contribution in [2.75, 3.05) is 5.32 Å². The van der Waals surface area contributed by atoms with Gasteiger partial charge in [-0.05, 0) is 43.2 Å². The number of rotatable bonds is 8. The third kappa shape index (κ3) is 5.72. The Balaban J connectivity index is 1.82. The molecule has 1 aromatic heterocycles. The van der Waals surface area contributed by atoms with Gasteiger partial charge >= 0.3 is 0 Å². The van der Waals surface area contributed by atoms with Gasteiger partial charge in [0.05, 0.1) is 15.7 Å². The van der Waals surface area contributed by atoms with Crippen LogP contribution in [0.3, 0.4) is 0 Å². The molecule has 1 unspecified atom stereocenters. The van der Waals surface area contributed by atoms with Crippen molar-refractivity contribution < 1.29 is 17.6 Å². The van der Waals surface area contributed by atoms with Crippen LogP contribution in [0, 0.1) is 11.7 Å². The number of thioether (sulfide) groups is 1. The molecule has 0 fully saturated rings. The molecule has 11 heteroatoms. The van der Waals surface area contributed by atoms with Gasteiger partial charge in [-0.1, -0.05) is 43.8 Å². The molecular weight excluding hydrogens is 453 g/mol. The molecule has 1 atom stereocenters. The monoisotopic (exact) mass is 477 g/mol. The van der Waals surface area contributed by atoms with Gasteiger partial charge in [-0.15, -0.1) is 10.2 Å². The molecular formula is C21H24FN5O3S2. The van der Waals surface area contributed by atoms with Crippen LogP contribution < -0.4 is 10.5 Å². The summed E-state index contributed by atoms with van der Waals surface area (Å²) in [5.41, 5.74) is 0.647. The molecule has 3 aromatic rings. The lowest BCUT2D eigenvalue weighted by molar-refractivity contribution is -0.115. The van der Waals surface area contributed by atoms with Crippen molar-refractivity contribution in [3.63, 3.8) is 0 Å². The number of primary sulfonamides is 1. The number of anilines is 1. The molecule has 2 aromatic carbocycles. The molecule has 32 heavy (non-hydrogen) atoms. The van der Waals surface area contributed by atoms with Gasteiger partial charge in [-0.2, -0.15) is 0 Å². The molecule has 8 nitrogen and oxygen atoms in total. The van der Waals surface area contributed by atoms with Gasteiger partial charge < -0.3 is 9.88 Å². The number of nitrogens with two attached hydrogens (primary N) is 1. The Bertz CT molecular complexity index is 1230. The van der Waals surface area contributed by atoms with Gasteiger partial charge in [0.1, 0.15) is 5.82 Å². The van der Waals surface area contributed by atoms with Crippen molar-refractivity contribution in [2.45, 2.75) is 42.6 Å². The van der Waals surface area contributed by atoms with Crippen molar-refractivity contribution in [1.82, 2.24) is 14.8 Å². The molecule has 3 rings (SSSR count). The Labute approximate surface area is 190 Å². The first-order valence-electron chi connectivity index (χ1n) is 9.84. The van der Waals surface area contributed by atoms with Crippen LogP contribution in [0.5, 0.6) is 0 Å². The maximum atomic E-state index is 14.3. The van der Waals surface area contributed by atoms with Gasteiger partial charge in [0.25, 0.3) is 0 Å². The van der Waals surface area contributed by atoms with Crippen LogP contribution in [0.4, 0.5) is 10.1 Å². The van der Waals surface area contributed by atoms with Crippen LogP contribution >= 0.6 is 11.8 Å². The van der Waals surface area contributed by atoms with Crippen LogP contribution in [-0.4, -0.2) is 34.3 Å². The fraction of sp³-hybridized carbons (Fsp3) is 0.286. The van der Waals surface area contributed by atoms with Crippen molar-refractivity contribution in [1.29, 1.82) is 0 Å². The molecule has 0 aliphatic carbocycles. The third-order valence-electron chi connectivity index (χ3n) is 4.46. The lowest BCUT2D eigenvalue weighted by Gasteiger charge is -2.15. The summed E-state index contributed by atoms with van der Waals surface area (Å²) in [4.78, 5) is 12.6.